The van der Waals surface area contributed by atoms with E-state index in [-0.39, 0.29) is 12.3 Å². The molecule has 7 nitrogen and oxygen atoms in total. The van der Waals surface area contributed by atoms with Crippen molar-refractivity contribution in [3.8, 4) is 0 Å². The summed E-state index contributed by atoms with van der Waals surface area (Å²) in [5, 5.41) is 20.0. The van der Waals surface area contributed by atoms with E-state index in [4.69, 9.17) is 10.9 Å². The van der Waals surface area contributed by atoms with Crippen LogP contribution >= 0.6 is 0 Å². The summed E-state index contributed by atoms with van der Waals surface area (Å²) < 4.78 is 0. The van der Waals surface area contributed by atoms with Crippen LogP contribution in [0.1, 0.15) is 18.4 Å². The van der Waals surface area contributed by atoms with Gasteiger partial charge in [0.1, 0.15) is 5.69 Å². The minimum Gasteiger partial charge on any atom is -0.395 e. The molecule has 104 valence electrons. The number of nitrogens with zero attached hydrogens (tertiary/aromatic N) is 2. The zero-order valence-corrected chi connectivity index (χ0v) is 10.6. The van der Waals surface area contributed by atoms with Crippen LogP contribution in [0.25, 0.3) is 0 Å². The van der Waals surface area contributed by atoms with Crippen molar-refractivity contribution in [3.63, 3.8) is 0 Å². The molecule has 0 spiro atoms. The van der Waals surface area contributed by atoms with E-state index in [0.717, 1.165) is 18.4 Å². The van der Waals surface area contributed by atoms with Gasteiger partial charge in [-0.05, 0) is 24.5 Å². The summed E-state index contributed by atoms with van der Waals surface area (Å²) in [7, 11) is 0. The zero-order chi connectivity index (χ0) is 13.8. The van der Waals surface area contributed by atoms with E-state index < -0.39 is 4.92 Å². The Labute approximate surface area is 111 Å². The van der Waals surface area contributed by atoms with Crippen LogP contribution in [-0.4, -0.2) is 34.1 Å². The number of nitrogens with two attached hydrogens (primary N) is 1. The maximum Gasteiger partial charge on any atom is 0.293 e. The molecule has 0 amide bonds. The molecular weight excluding hydrogens is 248 g/mol. The van der Waals surface area contributed by atoms with Gasteiger partial charge < -0.3 is 10.5 Å². The Morgan fingerprint density at radius 3 is 2.79 bits per heavy atom. The Morgan fingerprint density at radius 1 is 1.53 bits per heavy atom. The second kappa shape index (κ2) is 5.96. The first-order chi connectivity index (χ1) is 9.15. The first-order valence-corrected chi connectivity index (χ1v) is 6.24. The zero-order valence-electron chi connectivity index (χ0n) is 10.6. The molecule has 2 rings (SSSR count). The fourth-order valence-electron chi connectivity index (χ4n) is 2.14. The van der Waals surface area contributed by atoms with Gasteiger partial charge in [-0.25, -0.2) is 0 Å². The number of nitrogen functional groups attached to an aromatic ring is 1. The molecule has 1 aromatic rings. The van der Waals surface area contributed by atoms with Gasteiger partial charge in [0.15, 0.2) is 0 Å². The fourth-order valence-corrected chi connectivity index (χ4v) is 2.14. The van der Waals surface area contributed by atoms with Gasteiger partial charge in [-0.2, -0.15) is 0 Å². The number of nitrogens with one attached hydrogen (secondary N) is 1. The Morgan fingerprint density at radius 2 is 2.26 bits per heavy atom. The molecular formula is C12H18N4O3. The van der Waals surface area contributed by atoms with Gasteiger partial charge in [0.2, 0.25) is 0 Å². The molecule has 0 aliphatic heterocycles. The average molecular weight is 266 g/mol. The Bertz CT molecular complexity index is 462. The van der Waals surface area contributed by atoms with Crippen molar-refractivity contribution in [2.45, 2.75) is 25.4 Å². The van der Waals surface area contributed by atoms with E-state index in [1.54, 1.807) is 6.07 Å². The molecule has 7 heteroatoms. The van der Waals surface area contributed by atoms with Crippen molar-refractivity contribution in [3.05, 3.63) is 33.9 Å². The van der Waals surface area contributed by atoms with Gasteiger partial charge in [0.25, 0.3) is 5.69 Å². The van der Waals surface area contributed by atoms with Crippen LogP contribution in [0.15, 0.2) is 18.2 Å². The SMILES string of the molecule is NNc1ccc(CN(CCO)C2CC2)cc1[N+](=O)[O-]. The summed E-state index contributed by atoms with van der Waals surface area (Å²) in [6.45, 7) is 1.30. The van der Waals surface area contributed by atoms with E-state index in [0.29, 0.717) is 24.8 Å². The minimum absolute atomic E-state index is 0.0280. The number of aliphatic hydroxyl groups excluding tert-OH is 1. The summed E-state index contributed by atoms with van der Waals surface area (Å²) in [6.07, 6.45) is 2.26. The number of anilines is 1. The molecule has 1 aromatic carbocycles. The molecule has 19 heavy (non-hydrogen) atoms. The lowest BCUT2D eigenvalue weighted by Gasteiger charge is -2.20. The van der Waals surface area contributed by atoms with Gasteiger partial charge >= 0.3 is 0 Å². The van der Waals surface area contributed by atoms with Crippen molar-refractivity contribution < 1.29 is 10.0 Å². The molecule has 0 heterocycles. The molecule has 0 atom stereocenters. The second-order valence-corrected chi connectivity index (χ2v) is 4.68. The molecule has 4 N–H and O–H groups in total. The van der Waals surface area contributed by atoms with Crippen molar-refractivity contribution in [2.24, 2.45) is 5.84 Å². The minimum atomic E-state index is -0.452. The van der Waals surface area contributed by atoms with E-state index in [9.17, 15) is 10.1 Å². The summed E-state index contributed by atoms with van der Waals surface area (Å²) in [4.78, 5) is 12.6. The van der Waals surface area contributed by atoms with Crippen LogP contribution in [0.4, 0.5) is 11.4 Å². The van der Waals surface area contributed by atoms with Crippen LogP contribution in [0.3, 0.4) is 0 Å². The first-order valence-electron chi connectivity index (χ1n) is 6.24. The summed E-state index contributed by atoms with van der Waals surface area (Å²) in [5.41, 5.74) is 3.45. The number of hydrogen-bond donors (Lipinski definition) is 3. The maximum atomic E-state index is 10.9. The number of benzene rings is 1. The van der Waals surface area contributed by atoms with Gasteiger partial charge in [-0.3, -0.25) is 20.9 Å². The fraction of sp³-hybridized carbons (Fsp3) is 0.500. The third-order valence-corrected chi connectivity index (χ3v) is 3.25. The monoisotopic (exact) mass is 266 g/mol. The summed E-state index contributed by atoms with van der Waals surface area (Å²) in [5.74, 6) is 5.25. The largest absolute Gasteiger partial charge is 0.395 e. The smallest absolute Gasteiger partial charge is 0.293 e. The maximum absolute atomic E-state index is 10.9. The summed E-state index contributed by atoms with van der Waals surface area (Å²) in [6, 6.07) is 5.45. The van der Waals surface area contributed by atoms with Crippen molar-refractivity contribution in [1.29, 1.82) is 0 Å². The highest BCUT2D eigenvalue weighted by molar-refractivity contribution is 5.61. The standard InChI is InChI=1S/C12H18N4O3/c13-14-11-4-1-9(7-12(11)16(18)19)8-15(5-6-17)10-2-3-10/h1,4,7,10,14,17H,2-3,5-6,8,13H2. The number of aliphatic hydroxyl groups is 1. The first kappa shape index (κ1) is 13.7. The molecule has 0 bridgehead atoms. The van der Waals surface area contributed by atoms with Gasteiger partial charge in [0, 0.05) is 25.2 Å². The van der Waals surface area contributed by atoms with Gasteiger partial charge in [-0.15, -0.1) is 0 Å². The van der Waals surface area contributed by atoms with Crippen LogP contribution in [0.2, 0.25) is 0 Å². The van der Waals surface area contributed by atoms with E-state index in [1.807, 2.05) is 6.07 Å². The van der Waals surface area contributed by atoms with Gasteiger partial charge in [-0.1, -0.05) is 6.07 Å². The Balaban J connectivity index is 2.15. The highest BCUT2D eigenvalue weighted by Gasteiger charge is 2.28. The third-order valence-electron chi connectivity index (χ3n) is 3.25. The average Bonchev–Trinajstić information content (AvgIpc) is 3.22. The van der Waals surface area contributed by atoms with E-state index in [2.05, 4.69) is 10.3 Å². The number of rotatable bonds is 7. The van der Waals surface area contributed by atoms with E-state index >= 15 is 0 Å². The third kappa shape index (κ3) is 3.40. The molecule has 1 aliphatic rings. The van der Waals surface area contributed by atoms with Crippen LogP contribution in [0, 0.1) is 10.1 Å². The number of nitro benzene ring substituents is 1. The van der Waals surface area contributed by atoms with Crippen LogP contribution in [0.5, 0.6) is 0 Å². The molecule has 0 radical (unpaired) electrons. The molecule has 1 aliphatic carbocycles. The molecule has 0 saturated heterocycles. The number of hydrazine groups is 1. The quantitative estimate of drug-likeness (QED) is 0.384. The van der Waals surface area contributed by atoms with Crippen molar-refractivity contribution in [1.82, 2.24) is 4.90 Å². The van der Waals surface area contributed by atoms with Crippen LogP contribution in [-0.2, 0) is 6.54 Å². The number of hydrogen-bond acceptors (Lipinski definition) is 6. The van der Waals surface area contributed by atoms with Crippen molar-refractivity contribution >= 4 is 11.4 Å². The topological polar surface area (TPSA) is 105 Å². The Kier molecular flexibility index (Phi) is 4.31. The normalized spacial score (nSPS) is 14.7. The lowest BCUT2D eigenvalue weighted by atomic mass is 10.1. The van der Waals surface area contributed by atoms with Crippen LogP contribution < -0.4 is 11.3 Å². The Hall–Kier alpha value is -1.70. The van der Waals surface area contributed by atoms with Crippen molar-refractivity contribution in [2.75, 3.05) is 18.6 Å². The molecule has 0 unspecified atom stereocenters. The molecule has 0 aromatic heterocycles. The molecule has 1 fully saturated rings. The predicted octanol–water partition coefficient (Wildman–Crippen LogP) is 0.837. The molecule has 1 saturated carbocycles. The van der Waals surface area contributed by atoms with E-state index in [1.165, 1.54) is 6.07 Å². The lowest BCUT2D eigenvalue weighted by Crippen LogP contribution is -2.28. The highest BCUT2D eigenvalue weighted by Crippen LogP contribution is 2.30. The predicted molar refractivity (Wildman–Crippen MR) is 71.4 cm³/mol. The lowest BCUT2D eigenvalue weighted by molar-refractivity contribution is -0.384. The number of nitro groups is 1. The van der Waals surface area contributed by atoms with Gasteiger partial charge in [0.05, 0.1) is 11.5 Å². The second-order valence-electron chi connectivity index (χ2n) is 4.68. The summed E-state index contributed by atoms with van der Waals surface area (Å²) >= 11 is 0. The highest BCUT2D eigenvalue weighted by atomic mass is 16.6.